The van der Waals surface area contributed by atoms with Crippen molar-refractivity contribution in [1.82, 2.24) is 14.9 Å². The molecule has 2 aromatic heterocycles. The molecule has 0 radical (unpaired) electrons. The van der Waals surface area contributed by atoms with Crippen molar-refractivity contribution in [2.24, 2.45) is 7.05 Å². The van der Waals surface area contributed by atoms with E-state index in [1.54, 1.807) is 16.9 Å². The first-order chi connectivity index (χ1) is 6.77. The molecule has 6 heteroatoms. The van der Waals surface area contributed by atoms with Crippen molar-refractivity contribution >= 4 is 21.7 Å². The molecule has 2 rings (SSSR count). The van der Waals surface area contributed by atoms with Gasteiger partial charge < -0.3 is 9.84 Å². The van der Waals surface area contributed by atoms with E-state index in [4.69, 9.17) is 4.52 Å². The number of aryl methyl sites for hydroxylation is 1. The molecule has 0 aliphatic carbocycles. The Morgan fingerprint density at radius 1 is 1.64 bits per heavy atom. The van der Waals surface area contributed by atoms with Gasteiger partial charge in [-0.25, -0.2) is 0 Å². The first kappa shape index (κ1) is 9.26. The van der Waals surface area contributed by atoms with Gasteiger partial charge >= 0.3 is 0 Å². The summed E-state index contributed by atoms with van der Waals surface area (Å²) in [6, 6.07) is 1.77. The van der Waals surface area contributed by atoms with Crippen LogP contribution in [0.15, 0.2) is 27.5 Å². The molecule has 0 aliphatic heterocycles. The zero-order valence-electron chi connectivity index (χ0n) is 7.57. The number of hydrogen-bond donors (Lipinski definition) is 1. The Labute approximate surface area is 89.2 Å². The van der Waals surface area contributed by atoms with Crippen LogP contribution in [-0.4, -0.2) is 14.9 Å². The topological polar surface area (TPSA) is 55.9 Å². The minimum absolute atomic E-state index is 0.656. The second-order valence-electron chi connectivity index (χ2n) is 2.80. The Kier molecular flexibility index (Phi) is 2.53. The lowest BCUT2D eigenvalue weighted by atomic mass is 10.4. The molecular formula is C8H9BrN4O. The van der Waals surface area contributed by atoms with E-state index in [9.17, 15) is 0 Å². The Balaban J connectivity index is 2.05. The SMILES string of the molecule is Cn1ncc(Br)c1CNc1ccon1. The highest BCUT2D eigenvalue weighted by molar-refractivity contribution is 9.10. The van der Waals surface area contributed by atoms with E-state index in [0.717, 1.165) is 16.0 Å². The summed E-state index contributed by atoms with van der Waals surface area (Å²) >= 11 is 3.41. The van der Waals surface area contributed by atoms with Crippen molar-refractivity contribution in [3.63, 3.8) is 0 Å². The molecule has 0 fully saturated rings. The van der Waals surface area contributed by atoms with E-state index in [2.05, 4.69) is 31.5 Å². The highest BCUT2D eigenvalue weighted by Gasteiger charge is 2.05. The molecule has 0 spiro atoms. The van der Waals surface area contributed by atoms with Gasteiger partial charge in [-0.2, -0.15) is 5.10 Å². The smallest absolute Gasteiger partial charge is 0.169 e. The summed E-state index contributed by atoms with van der Waals surface area (Å²) < 4.78 is 7.48. The molecule has 2 aromatic rings. The normalized spacial score (nSPS) is 10.4. The third kappa shape index (κ3) is 1.79. The third-order valence-corrected chi connectivity index (χ3v) is 2.55. The number of nitrogens with zero attached hydrogens (tertiary/aromatic N) is 3. The van der Waals surface area contributed by atoms with Gasteiger partial charge in [0, 0.05) is 13.1 Å². The van der Waals surface area contributed by atoms with Gasteiger partial charge in [-0.15, -0.1) is 0 Å². The predicted octanol–water partition coefficient (Wildman–Crippen LogP) is 1.78. The van der Waals surface area contributed by atoms with Crippen molar-refractivity contribution < 1.29 is 4.52 Å². The maximum atomic E-state index is 4.70. The van der Waals surface area contributed by atoms with E-state index in [0.29, 0.717) is 6.54 Å². The van der Waals surface area contributed by atoms with Crippen molar-refractivity contribution in [3.8, 4) is 0 Å². The van der Waals surface area contributed by atoms with E-state index in [1.165, 1.54) is 6.26 Å². The number of hydrogen-bond acceptors (Lipinski definition) is 4. The minimum atomic E-state index is 0.656. The number of aromatic nitrogens is 3. The van der Waals surface area contributed by atoms with Crippen molar-refractivity contribution in [2.45, 2.75) is 6.54 Å². The Morgan fingerprint density at radius 2 is 2.50 bits per heavy atom. The van der Waals surface area contributed by atoms with Crippen LogP contribution in [-0.2, 0) is 13.6 Å². The molecule has 2 heterocycles. The molecule has 0 atom stereocenters. The molecule has 0 bridgehead atoms. The molecule has 1 N–H and O–H groups in total. The van der Waals surface area contributed by atoms with Gasteiger partial charge in [0.2, 0.25) is 0 Å². The number of nitrogens with one attached hydrogen (secondary N) is 1. The molecule has 0 aromatic carbocycles. The predicted molar refractivity (Wildman–Crippen MR) is 54.7 cm³/mol. The van der Waals surface area contributed by atoms with Crippen LogP contribution in [0.1, 0.15) is 5.69 Å². The van der Waals surface area contributed by atoms with Gasteiger partial charge in [-0.3, -0.25) is 4.68 Å². The van der Waals surface area contributed by atoms with Crippen LogP contribution in [0.3, 0.4) is 0 Å². The quantitative estimate of drug-likeness (QED) is 0.910. The molecule has 0 saturated carbocycles. The summed E-state index contributed by atoms with van der Waals surface area (Å²) in [5.74, 6) is 0.720. The molecule has 14 heavy (non-hydrogen) atoms. The minimum Gasteiger partial charge on any atom is -0.363 e. The van der Waals surface area contributed by atoms with Gasteiger partial charge in [-0.05, 0) is 15.9 Å². The number of rotatable bonds is 3. The Hall–Kier alpha value is -1.30. The zero-order chi connectivity index (χ0) is 9.97. The summed E-state index contributed by atoms with van der Waals surface area (Å²) in [4.78, 5) is 0. The first-order valence-corrected chi connectivity index (χ1v) is 4.87. The fraction of sp³-hybridized carbons (Fsp3) is 0.250. The van der Waals surface area contributed by atoms with E-state index >= 15 is 0 Å². The van der Waals surface area contributed by atoms with Gasteiger partial charge in [0.15, 0.2) is 5.82 Å². The lowest BCUT2D eigenvalue weighted by molar-refractivity contribution is 0.422. The van der Waals surface area contributed by atoms with Gasteiger partial charge in [0.05, 0.1) is 22.9 Å². The van der Waals surface area contributed by atoms with E-state index in [-0.39, 0.29) is 0 Å². The summed E-state index contributed by atoms with van der Waals surface area (Å²) in [5.41, 5.74) is 1.06. The van der Waals surface area contributed by atoms with E-state index in [1.807, 2.05) is 7.05 Å². The molecular weight excluding hydrogens is 248 g/mol. The first-order valence-electron chi connectivity index (χ1n) is 4.08. The molecule has 0 saturated heterocycles. The van der Waals surface area contributed by atoms with E-state index < -0.39 is 0 Å². The fourth-order valence-electron chi connectivity index (χ4n) is 1.11. The van der Waals surface area contributed by atoms with Gasteiger partial charge in [0.25, 0.3) is 0 Å². The average molecular weight is 257 g/mol. The second-order valence-corrected chi connectivity index (χ2v) is 3.66. The maximum Gasteiger partial charge on any atom is 0.169 e. The van der Waals surface area contributed by atoms with Crippen LogP contribution in [0.2, 0.25) is 0 Å². The number of anilines is 1. The summed E-state index contributed by atoms with van der Waals surface area (Å²) in [6.07, 6.45) is 3.29. The van der Waals surface area contributed by atoms with Crippen LogP contribution < -0.4 is 5.32 Å². The monoisotopic (exact) mass is 256 g/mol. The Bertz CT molecular complexity index is 389. The average Bonchev–Trinajstić information content (AvgIpc) is 2.76. The van der Waals surface area contributed by atoms with Crippen LogP contribution in [0.25, 0.3) is 0 Å². The maximum absolute atomic E-state index is 4.70. The standard InChI is InChI=1S/C8H9BrN4O/c1-13-7(6(9)4-11-13)5-10-8-2-3-14-12-8/h2-4H,5H2,1H3,(H,10,12). The van der Waals surface area contributed by atoms with Crippen molar-refractivity contribution in [1.29, 1.82) is 0 Å². The highest BCUT2D eigenvalue weighted by atomic mass is 79.9. The number of halogens is 1. The zero-order valence-corrected chi connectivity index (χ0v) is 9.15. The summed E-state index contributed by atoms with van der Waals surface area (Å²) in [5, 5.41) is 11.0. The fourth-order valence-corrected chi connectivity index (χ4v) is 1.60. The van der Waals surface area contributed by atoms with Crippen LogP contribution in [0.5, 0.6) is 0 Å². The second kappa shape index (κ2) is 3.83. The van der Waals surface area contributed by atoms with Crippen LogP contribution in [0, 0.1) is 0 Å². The van der Waals surface area contributed by atoms with Crippen molar-refractivity contribution in [3.05, 3.63) is 28.7 Å². The largest absolute Gasteiger partial charge is 0.363 e. The lowest BCUT2D eigenvalue weighted by Gasteiger charge is -2.03. The van der Waals surface area contributed by atoms with Crippen LogP contribution in [0.4, 0.5) is 5.82 Å². The molecule has 74 valence electrons. The highest BCUT2D eigenvalue weighted by Crippen LogP contribution is 2.16. The van der Waals surface area contributed by atoms with Crippen LogP contribution >= 0.6 is 15.9 Å². The molecule has 0 unspecified atom stereocenters. The lowest BCUT2D eigenvalue weighted by Crippen LogP contribution is -2.06. The molecule has 0 amide bonds. The molecule has 5 nitrogen and oxygen atoms in total. The van der Waals surface area contributed by atoms with Gasteiger partial charge in [0.1, 0.15) is 6.26 Å². The van der Waals surface area contributed by atoms with Crippen molar-refractivity contribution in [2.75, 3.05) is 5.32 Å². The summed E-state index contributed by atoms with van der Waals surface area (Å²) in [6.45, 7) is 0.656. The van der Waals surface area contributed by atoms with Gasteiger partial charge in [-0.1, -0.05) is 5.16 Å². The molecule has 0 aliphatic rings. The Morgan fingerprint density at radius 3 is 3.07 bits per heavy atom. The third-order valence-electron chi connectivity index (χ3n) is 1.89. The summed E-state index contributed by atoms with van der Waals surface area (Å²) in [7, 11) is 1.89.